The number of carbonyl (C=O) groups excluding carboxylic acids is 2. The third-order valence-electron chi connectivity index (χ3n) is 6.12. The number of nitrogens with one attached hydrogen (secondary N) is 1. The van der Waals surface area contributed by atoms with Crippen molar-refractivity contribution in [3.05, 3.63) is 65.3 Å². The second-order valence-electron chi connectivity index (χ2n) is 8.57. The van der Waals surface area contributed by atoms with Gasteiger partial charge in [-0.3, -0.25) is 4.79 Å². The van der Waals surface area contributed by atoms with E-state index in [1.165, 1.54) is 12.1 Å². The predicted molar refractivity (Wildman–Crippen MR) is 131 cm³/mol. The van der Waals surface area contributed by atoms with Crippen LogP contribution in [-0.4, -0.2) is 35.7 Å². The molecule has 11 heteroatoms. The van der Waals surface area contributed by atoms with Crippen molar-refractivity contribution in [1.29, 1.82) is 0 Å². The number of pyridine rings is 1. The molecule has 0 atom stereocenters. The maximum absolute atomic E-state index is 13.5. The summed E-state index contributed by atoms with van der Waals surface area (Å²) in [6.45, 7) is -0.480. The van der Waals surface area contributed by atoms with Crippen LogP contribution in [0.25, 0.3) is 10.9 Å². The van der Waals surface area contributed by atoms with E-state index in [0.29, 0.717) is 47.5 Å². The smallest absolute Gasteiger partial charge is 0.433 e. The number of nitrogens with two attached hydrogens (primary N) is 1. The average Bonchev–Trinajstić information content (AvgIpc) is 2.84. The molecule has 36 heavy (non-hydrogen) atoms. The first-order chi connectivity index (χ1) is 17.1. The summed E-state index contributed by atoms with van der Waals surface area (Å²) in [7, 11) is 0. The lowest BCUT2D eigenvalue weighted by atomic mass is 9.89. The summed E-state index contributed by atoms with van der Waals surface area (Å²) in [5.41, 5.74) is 5.20. The zero-order valence-electron chi connectivity index (χ0n) is 19.1. The lowest BCUT2D eigenvalue weighted by Gasteiger charge is -2.37. The summed E-state index contributed by atoms with van der Waals surface area (Å²) in [5, 5.41) is 4.14. The highest BCUT2D eigenvalue weighted by Gasteiger charge is 2.34. The van der Waals surface area contributed by atoms with Gasteiger partial charge in [0, 0.05) is 33.9 Å². The lowest BCUT2D eigenvalue weighted by Crippen LogP contribution is -2.46. The SMILES string of the molecule is NC(=O)OCC(=O)N(c1ccccc1)C1CCC(Nc2cc(C(F)(F)F)nc3ccc(Cl)cc23)CC1. The van der Waals surface area contributed by atoms with E-state index in [0.717, 1.165) is 6.07 Å². The number of aromatic nitrogens is 1. The van der Waals surface area contributed by atoms with Crippen LogP contribution >= 0.6 is 11.6 Å². The van der Waals surface area contributed by atoms with Crippen LogP contribution in [0.15, 0.2) is 54.6 Å². The number of primary amides is 1. The normalized spacial score (nSPS) is 18.0. The number of carbonyl (C=O) groups is 2. The molecule has 3 aromatic rings. The van der Waals surface area contributed by atoms with Crippen molar-refractivity contribution in [3.63, 3.8) is 0 Å². The second kappa shape index (κ2) is 10.6. The fourth-order valence-electron chi connectivity index (χ4n) is 4.51. The van der Waals surface area contributed by atoms with Gasteiger partial charge in [0.2, 0.25) is 0 Å². The number of amides is 2. The molecule has 1 aromatic heterocycles. The van der Waals surface area contributed by atoms with E-state index in [9.17, 15) is 22.8 Å². The zero-order chi connectivity index (χ0) is 25.9. The number of benzene rings is 2. The lowest BCUT2D eigenvalue weighted by molar-refractivity contribution is -0.140. The van der Waals surface area contributed by atoms with Gasteiger partial charge in [-0.1, -0.05) is 29.8 Å². The number of anilines is 2. The van der Waals surface area contributed by atoms with Gasteiger partial charge in [-0.2, -0.15) is 13.2 Å². The molecule has 2 aromatic carbocycles. The summed E-state index contributed by atoms with van der Waals surface area (Å²) in [4.78, 5) is 29.2. The molecule has 190 valence electrons. The van der Waals surface area contributed by atoms with Gasteiger partial charge in [-0.15, -0.1) is 0 Å². The summed E-state index contributed by atoms with van der Waals surface area (Å²) in [5.74, 6) is -0.402. The second-order valence-corrected chi connectivity index (χ2v) is 9.01. The Kier molecular flexibility index (Phi) is 7.53. The monoisotopic (exact) mass is 520 g/mol. The number of para-hydroxylation sites is 1. The highest BCUT2D eigenvalue weighted by molar-refractivity contribution is 6.31. The van der Waals surface area contributed by atoms with Gasteiger partial charge in [-0.05, 0) is 62.1 Å². The molecule has 2 amide bonds. The molecule has 0 unspecified atom stereocenters. The Bertz CT molecular complexity index is 1250. The molecular weight excluding hydrogens is 497 g/mol. The van der Waals surface area contributed by atoms with Gasteiger partial charge in [0.15, 0.2) is 6.61 Å². The number of hydrogen-bond acceptors (Lipinski definition) is 5. The van der Waals surface area contributed by atoms with Gasteiger partial charge in [-0.25, -0.2) is 9.78 Å². The van der Waals surface area contributed by atoms with Crippen molar-refractivity contribution in [2.24, 2.45) is 5.73 Å². The molecule has 1 aliphatic rings. The Morgan fingerprint density at radius 3 is 2.42 bits per heavy atom. The molecule has 0 aliphatic heterocycles. The molecule has 3 N–H and O–H groups in total. The number of ether oxygens (including phenoxy) is 1. The zero-order valence-corrected chi connectivity index (χ0v) is 19.9. The standard InChI is InChI=1S/C25H24ClF3N4O3/c26-15-6-11-20-19(12-15)21(13-22(32-20)25(27,28)29)31-16-7-9-18(10-8-16)33(17-4-2-1-3-5-17)23(34)14-36-24(30)35/h1-6,11-13,16,18H,7-10,14H2,(H2,30,35)(H,31,32). The van der Waals surface area contributed by atoms with Gasteiger partial charge in [0.25, 0.3) is 5.91 Å². The first-order valence-electron chi connectivity index (χ1n) is 11.3. The van der Waals surface area contributed by atoms with Crippen LogP contribution in [0.3, 0.4) is 0 Å². The van der Waals surface area contributed by atoms with Crippen molar-refractivity contribution in [1.82, 2.24) is 4.98 Å². The van der Waals surface area contributed by atoms with Gasteiger partial charge in [0.05, 0.1) is 5.52 Å². The molecule has 0 bridgehead atoms. The van der Waals surface area contributed by atoms with E-state index < -0.39 is 30.5 Å². The molecule has 7 nitrogen and oxygen atoms in total. The number of hydrogen-bond donors (Lipinski definition) is 2. The molecular formula is C25H24ClF3N4O3. The van der Waals surface area contributed by atoms with E-state index in [1.807, 2.05) is 6.07 Å². The van der Waals surface area contributed by atoms with Crippen LogP contribution in [0.2, 0.25) is 5.02 Å². The Morgan fingerprint density at radius 2 is 1.78 bits per heavy atom. The Hall–Kier alpha value is -3.53. The average molecular weight is 521 g/mol. The predicted octanol–water partition coefficient (Wildman–Crippen LogP) is 5.76. The summed E-state index contributed by atoms with van der Waals surface area (Å²) in [6.07, 6.45) is -3.25. The Morgan fingerprint density at radius 1 is 1.08 bits per heavy atom. The quantitative estimate of drug-likeness (QED) is 0.431. The molecule has 0 spiro atoms. The minimum atomic E-state index is -4.59. The maximum Gasteiger partial charge on any atom is 0.433 e. The van der Waals surface area contributed by atoms with E-state index in [-0.39, 0.29) is 17.6 Å². The fraction of sp³-hybridized carbons (Fsp3) is 0.320. The van der Waals surface area contributed by atoms with Crippen LogP contribution in [0.4, 0.5) is 29.3 Å². The first kappa shape index (κ1) is 25.6. The van der Waals surface area contributed by atoms with Gasteiger partial charge < -0.3 is 20.7 Å². The van der Waals surface area contributed by atoms with Crippen molar-refractivity contribution in [3.8, 4) is 0 Å². The van der Waals surface area contributed by atoms with Crippen molar-refractivity contribution in [2.45, 2.75) is 43.9 Å². The molecule has 1 saturated carbocycles. The number of alkyl halides is 3. The van der Waals surface area contributed by atoms with Crippen LogP contribution in [-0.2, 0) is 15.7 Å². The summed E-state index contributed by atoms with van der Waals surface area (Å²) in [6, 6.07) is 14.3. The topological polar surface area (TPSA) is 97.6 Å². The highest BCUT2D eigenvalue weighted by Crippen LogP contribution is 2.36. The van der Waals surface area contributed by atoms with Crippen LogP contribution in [0, 0.1) is 0 Å². The van der Waals surface area contributed by atoms with E-state index in [4.69, 9.17) is 22.1 Å². The van der Waals surface area contributed by atoms with Crippen molar-refractivity contribution >= 4 is 45.9 Å². The first-order valence-corrected chi connectivity index (χ1v) is 11.7. The van der Waals surface area contributed by atoms with E-state index in [1.54, 1.807) is 35.2 Å². The van der Waals surface area contributed by atoms with E-state index >= 15 is 0 Å². The third kappa shape index (κ3) is 5.99. The summed E-state index contributed by atoms with van der Waals surface area (Å²) >= 11 is 6.10. The Balaban J connectivity index is 1.52. The van der Waals surface area contributed by atoms with Gasteiger partial charge in [0.1, 0.15) is 5.69 Å². The molecule has 4 rings (SSSR count). The molecule has 1 heterocycles. The number of nitrogens with zero attached hydrogens (tertiary/aromatic N) is 2. The van der Waals surface area contributed by atoms with Gasteiger partial charge >= 0.3 is 12.3 Å². The molecule has 1 fully saturated rings. The van der Waals surface area contributed by atoms with Crippen LogP contribution in [0.1, 0.15) is 31.4 Å². The largest absolute Gasteiger partial charge is 0.440 e. The highest BCUT2D eigenvalue weighted by atomic mass is 35.5. The van der Waals surface area contributed by atoms with Crippen molar-refractivity contribution < 1.29 is 27.5 Å². The number of halogens is 4. The fourth-order valence-corrected chi connectivity index (χ4v) is 4.68. The summed E-state index contributed by atoms with van der Waals surface area (Å²) < 4.78 is 45.1. The molecule has 0 radical (unpaired) electrons. The van der Waals surface area contributed by atoms with E-state index in [2.05, 4.69) is 10.3 Å². The van der Waals surface area contributed by atoms with Crippen LogP contribution in [0.5, 0.6) is 0 Å². The van der Waals surface area contributed by atoms with Crippen LogP contribution < -0.4 is 16.0 Å². The minimum Gasteiger partial charge on any atom is -0.440 e. The minimum absolute atomic E-state index is 0.124. The molecule has 1 aliphatic carbocycles. The molecule has 0 saturated heterocycles. The Labute approximate surface area is 210 Å². The third-order valence-corrected chi connectivity index (χ3v) is 6.36. The number of rotatable bonds is 6. The number of fused-ring (bicyclic) bond motifs is 1. The van der Waals surface area contributed by atoms with Crippen molar-refractivity contribution in [2.75, 3.05) is 16.8 Å². The maximum atomic E-state index is 13.5.